The molecule has 0 fully saturated rings. The summed E-state index contributed by atoms with van der Waals surface area (Å²) in [6.07, 6.45) is -0.154. The Morgan fingerprint density at radius 2 is 1.64 bits per heavy atom. The Morgan fingerprint density at radius 1 is 1.07 bits per heavy atom. The highest BCUT2D eigenvalue weighted by Crippen LogP contribution is 2.36. The third-order valence-electron chi connectivity index (χ3n) is 5.24. The molecule has 0 aliphatic carbocycles. The Bertz CT molecular complexity index is 918. The molecule has 0 radical (unpaired) electrons. The van der Waals surface area contributed by atoms with Gasteiger partial charge < -0.3 is 10.0 Å². The number of aliphatic carboxylic acids is 1. The van der Waals surface area contributed by atoms with E-state index in [0.29, 0.717) is 16.8 Å². The van der Waals surface area contributed by atoms with Crippen molar-refractivity contribution in [1.29, 1.82) is 0 Å². The lowest BCUT2D eigenvalue weighted by molar-refractivity contribution is -0.145. The number of hydrogen-bond donors (Lipinski definition) is 1. The van der Waals surface area contributed by atoms with E-state index < -0.39 is 11.9 Å². The van der Waals surface area contributed by atoms with Crippen LogP contribution in [0.25, 0.3) is 0 Å². The quantitative estimate of drug-likeness (QED) is 0.765. The molecule has 2 aromatic carbocycles. The van der Waals surface area contributed by atoms with Crippen LogP contribution in [0.15, 0.2) is 71.9 Å². The van der Waals surface area contributed by atoms with Gasteiger partial charge in [0.25, 0.3) is 0 Å². The lowest BCUT2D eigenvalue weighted by Gasteiger charge is -2.38. The van der Waals surface area contributed by atoms with Crippen LogP contribution in [-0.4, -0.2) is 27.7 Å². The summed E-state index contributed by atoms with van der Waals surface area (Å²) >= 11 is 0. The SMILES string of the molecule is CC1=C(C(=O)c2ccccc2)C[C@@H](CC(=O)O)C(=O)N1[C@H](C)c1ccccc1. The van der Waals surface area contributed by atoms with E-state index in [0.717, 1.165) is 5.56 Å². The third-order valence-corrected chi connectivity index (χ3v) is 5.24. The highest BCUT2D eigenvalue weighted by molar-refractivity contribution is 6.10. The minimum atomic E-state index is -1.04. The van der Waals surface area contributed by atoms with Crippen LogP contribution in [0.5, 0.6) is 0 Å². The van der Waals surface area contributed by atoms with Gasteiger partial charge in [0.1, 0.15) is 0 Å². The first-order valence-electron chi connectivity index (χ1n) is 9.29. The van der Waals surface area contributed by atoms with Crippen molar-refractivity contribution in [2.24, 2.45) is 5.92 Å². The lowest BCUT2D eigenvalue weighted by Crippen LogP contribution is -2.42. The Kier molecular flexibility index (Phi) is 5.73. The van der Waals surface area contributed by atoms with Crippen molar-refractivity contribution < 1.29 is 19.5 Å². The van der Waals surface area contributed by atoms with Crippen LogP contribution in [0.1, 0.15) is 48.7 Å². The summed E-state index contributed by atoms with van der Waals surface area (Å²) in [4.78, 5) is 39.1. The number of carboxylic acid groups (broad SMARTS) is 1. The Balaban J connectivity index is 2.05. The summed E-state index contributed by atoms with van der Waals surface area (Å²) in [5.74, 6) is -2.21. The van der Waals surface area contributed by atoms with E-state index in [9.17, 15) is 19.5 Å². The molecule has 1 N–H and O–H groups in total. The van der Waals surface area contributed by atoms with Gasteiger partial charge in [0.15, 0.2) is 5.78 Å². The molecule has 0 aromatic heterocycles. The first-order chi connectivity index (χ1) is 13.4. The van der Waals surface area contributed by atoms with E-state index in [1.807, 2.05) is 43.3 Å². The fourth-order valence-electron chi connectivity index (χ4n) is 3.74. The Morgan fingerprint density at radius 3 is 2.21 bits per heavy atom. The number of rotatable bonds is 6. The molecule has 2 aromatic rings. The molecule has 1 heterocycles. The van der Waals surface area contributed by atoms with Crippen LogP contribution in [-0.2, 0) is 9.59 Å². The minimum absolute atomic E-state index is 0.142. The first-order valence-corrected chi connectivity index (χ1v) is 9.29. The zero-order valence-electron chi connectivity index (χ0n) is 16.0. The number of ketones is 1. The summed E-state index contributed by atoms with van der Waals surface area (Å²) in [6, 6.07) is 18.1. The first kappa shape index (κ1) is 19.5. The summed E-state index contributed by atoms with van der Waals surface area (Å²) < 4.78 is 0. The second-order valence-corrected chi connectivity index (χ2v) is 7.05. The summed E-state index contributed by atoms with van der Waals surface area (Å²) in [5.41, 5.74) is 2.56. The molecule has 0 saturated heterocycles. The molecule has 5 nitrogen and oxygen atoms in total. The molecule has 2 atom stereocenters. The molecule has 0 saturated carbocycles. The third kappa shape index (κ3) is 3.88. The van der Waals surface area contributed by atoms with Crippen molar-refractivity contribution >= 4 is 17.7 Å². The van der Waals surface area contributed by atoms with Crippen LogP contribution in [0.4, 0.5) is 0 Å². The molecule has 5 heteroatoms. The predicted octanol–water partition coefficient (Wildman–Crippen LogP) is 4.23. The van der Waals surface area contributed by atoms with Gasteiger partial charge in [0.2, 0.25) is 5.91 Å². The van der Waals surface area contributed by atoms with E-state index in [2.05, 4.69) is 0 Å². The molecule has 3 rings (SSSR count). The number of nitrogens with zero attached hydrogens (tertiary/aromatic N) is 1. The lowest BCUT2D eigenvalue weighted by atomic mass is 9.84. The number of allylic oxidation sites excluding steroid dienone is 2. The molecule has 0 spiro atoms. The van der Waals surface area contributed by atoms with E-state index in [1.165, 1.54) is 0 Å². The Hall–Kier alpha value is -3.21. The number of hydrogen-bond acceptors (Lipinski definition) is 3. The average molecular weight is 377 g/mol. The zero-order chi connectivity index (χ0) is 20.3. The second-order valence-electron chi connectivity index (χ2n) is 7.05. The standard InChI is InChI=1S/C23H23NO4/c1-15(17-9-5-3-6-10-17)24-16(2)20(13-19(23(24)28)14-21(25)26)22(27)18-11-7-4-8-12-18/h3-12,15,19H,13-14H2,1-2H3,(H,25,26)/t15-,19+/m1/s1. The van der Waals surface area contributed by atoms with Crippen LogP contribution < -0.4 is 0 Å². The Labute approximate surface area is 164 Å². The fourth-order valence-corrected chi connectivity index (χ4v) is 3.74. The van der Waals surface area contributed by atoms with Crippen molar-refractivity contribution in [2.75, 3.05) is 0 Å². The van der Waals surface area contributed by atoms with Crippen LogP contribution in [0.3, 0.4) is 0 Å². The van der Waals surface area contributed by atoms with Gasteiger partial charge >= 0.3 is 5.97 Å². The molecular formula is C23H23NO4. The van der Waals surface area contributed by atoms with E-state index in [1.54, 1.807) is 36.1 Å². The molecule has 144 valence electrons. The summed E-state index contributed by atoms with van der Waals surface area (Å²) in [5, 5.41) is 9.26. The molecule has 1 aliphatic rings. The molecular weight excluding hydrogens is 354 g/mol. The minimum Gasteiger partial charge on any atom is -0.481 e. The van der Waals surface area contributed by atoms with E-state index in [-0.39, 0.29) is 30.6 Å². The van der Waals surface area contributed by atoms with Crippen LogP contribution in [0.2, 0.25) is 0 Å². The van der Waals surface area contributed by atoms with E-state index in [4.69, 9.17) is 0 Å². The summed E-state index contributed by atoms with van der Waals surface area (Å²) in [6.45, 7) is 3.66. The van der Waals surface area contributed by atoms with Gasteiger partial charge in [-0.1, -0.05) is 60.7 Å². The number of Topliss-reactive ketones (excluding diaryl/α,β-unsaturated/α-hetero) is 1. The van der Waals surface area contributed by atoms with Gasteiger partial charge in [-0.05, 0) is 25.8 Å². The maximum Gasteiger partial charge on any atom is 0.304 e. The van der Waals surface area contributed by atoms with Gasteiger partial charge in [-0.3, -0.25) is 14.4 Å². The number of amides is 1. The monoisotopic (exact) mass is 377 g/mol. The average Bonchev–Trinajstić information content (AvgIpc) is 2.70. The van der Waals surface area contributed by atoms with Crippen molar-refractivity contribution in [2.45, 2.75) is 32.7 Å². The number of carbonyl (C=O) groups is 3. The molecule has 1 aliphatic heterocycles. The fraction of sp³-hybridized carbons (Fsp3) is 0.261. The van der Waals surface area contributed by atoms with Crippen LogP contribution >= 0.6 is 0 Å². The number of benzene rings is 2. The van der Waals surface area contributed by atoms with Crippen molar-refractivity contribution in [1.82, 2.24) is 4.90 Å². The topological polar surface area (TPSA) is 74.7 Å². The number of carboxylic acids is 1. The van der Waals surface area contributed by atoms with Crippen molar-refractivity contribution in [3.63, 3.8) is 0 Å². The van der Waals surface area contributed by atoms with Gasteiger partial charge in [-0.15, -0.1) is 0 Å². The molecule has 0 bridgehead atoms. The van der Waals surface area contributed by atoms with Gasteiger partial charge in [-0.25, -0.2) is 0 Å². The molecule has 28 heavy (non-hydrogen) atoms. The maximum absolute atomic E-state index is 13.1. The predicted molar refractivity (Wildman–Crippen MR) is 106 cm³/mol. The number of carbonyl (C=O) groups excluding carboxylic acids is 2. The smallest absolute Gasteiger partial charge is 0.304 e. The van der Waals surface area contributed by atoms with Gasteiger partial charge in [-0.2, -0.15) is 0 Å². The van der Waals surface area contributed by atoms with Gasteiger partial charge in [0.05, 0.1) is 18.4 Å². The van der Waals surface area contributed by atoms with Crippen LogP contribution in [0, 0.1) is 5.92 Å². The molecule has 1 amide bonds. The van der Waals surface area contributed by atoms with Gasteiger partial charge in [0, 0.05) is 16.8 Å². The molecule has 0 unspecified atom stereocenters. The normalized spacial score (nSPS) is 18.1. The largest absolute Gasteiger partial charge is 0.481 e. The second kappa shape index (κ2) is 8.21. The highest BCUT2D eigenvalue weighted by Gasteiger charge is 2.38. The maximum atomic E-state index is 13.1. The van der Waals surface area contributed by atoms with E-state index >= 15 is 0 Å². The van der Waals surface area contributed by atoms with Crippen molar-refractivity contribution in [3.05, 3.63) is 83.1 Å². The van der Waals surface area contributed by atoms with Crippen molar-refractivity contribution in [3.8, 4) is 0 Å². The highest BCUT2D eigenvalue weighted by atomic mass is 16.4. The zero-order valence-corrected chi connectivity index (χ0v) is 16.0. The summed E-state index contributed by atoms with van der Waals surface area (Å²) in [7, 11) is 0.